The normalized spacial score (nSPS) is 23.2. The van der Waals surface area contributed by atoms with E-state index in [4.69, 9.17) is 10.5 Å². The SMILES string of the molecule is CCc1nn(C)c(COCC2CCCCC2CN)c1Br. The van der Waals surface area contributed by atoms with E-state index in [1.807, 2.05) is 11.7 Å². The summed E-state index contributed by atoms with van der Waals surface area (Å²) in [6.07, 6.45) is 6.10. The lowest BCUT2D eigenvalue weighted by Crippen LogP contribution is -2.29. The van der Waals surface area contributed by atoms with Gasteiger partial charge in [0.05, 0.1) is 29.1 Å². The molecule has 1 aromatic rings. The minimum absolute atomic E-state index is 0.623. The number of rotatable bonds is 6. The summed E-state index contributed by atoms with van der Waals surface area (Å²) in [6.45, 7) is 4.35. The van der Waals surface area contributed by atoms with Crippen LogP contribution in [0.1, 0.15) is 44.0 Å². The van der Waals surface area contributed by atoms with Crippen LogP contribution in [0.3, 0.4) is 0 Å². The Morgan fingerprint density at radius 3 is 2.65 bits per heavy atom. The Bertz CT molecular complexity index is 433. The van der Waals surface area contributed by atoms with Gasteiger partial charge in [0.15, 0.2) is 0 Å². The molecule has 0 aliphatic heterocycles. The summed E-state index contributed by atoms with van der Waals surface area (Å²) in [5.74, 6) is 1.27. The first-order valence-corrected chi connectivity index (χ1v) is 8.44. The number of nitrogens with zero attached hydrogens (tertiary/aromatic N) is 2. The number of hydrogen-bond acceptors (Lipinski definition) is 3. The molecule has 20 heavy (non-hydrogen) atoms. The lowest BCUT2D eigenvalue weighted by atomic mass is 9.80. The molecule has 1 aromatic heterocycles. The highest BCUT2D eigenvalue weighted by atomic mass is 79.9. The molecule has 1 aliphatic rings. The fraction of sp³-hybridized carbons (Fsp3) is 0.800. The third-order valence-corrected chi connectivity index (χ3v) is 5.36. The van der Waals surface area contributed by atoms with E-state index in [1.54, 1.807) is 0 Å². The molecule has 1 aliphatic carbocycles. The molecule has 0 aromatic carbocycles. The molecule has 0 amide bonds. The molecule has 1 saturated carbocycles. The van der Waals surface area contributed by atoms with Crippen molar-refractivity contribution in [2.24, 2.45) is 24.6 Å². The molecule has 5 heteroatoms. The first-order valence-electron chi connectivity index (χ1n) is 7.65. The lowest BCUT2D eigenvalue weighted by molar-refractivity contribution is 0.0480. The van der Waals surface area contributed by atoms with Gasteiger partial charge in [-0.25, -0.2) is 0 Å². The molecule has 2 N–H and O–H groups in total. The second-order valence-electron chi connectivity index (χ2n) is 5.74. The van der Waals surface area contributed by atoms with Crippen molar-refractivity contribution >= 4 is 15.9 Å². The Balaban J connectivity index is 1.88. The van der Waals surface area contributed by atoms with Gasteiger partial charge in [-0.15, -0.1) is 0 Å². The van der Waals surface area contributed by atoms with Gasteiger partial charge < -0.3 is 10.5 Å². The van der Waals surface area contributed by atoms with Gasteiger partial charge in [0.25, 0.3) is 0 Å². The first-order chi connectivity index (χ1) is 9.67. The minimum Gasteiger partial charge on any atom is -0.375 e. The van der Waals surface area contributed by atoms with Gasteiger partial charge in [-0.2, -0.15) is 5.10 Å². The van der Waals surface area contributed by atoms with Crippen LogP contribution in [0.25, 0.3) is 0 Å². The monoisotopic (exact) mass is 343 g/mol. The summed E-state index contributed by atoms with van der Waals surface area (Å²) < 4.78 is 8.98. The summed E-state index contributed by atoms with van der Waals surface area (Å²) in [7, 11) is 1.98. The molecule has 0 bridgehead atoms. The maximum absolute atomic E-state index is 5.96. The van der Waals surface area contributed by atoms with Crippen molar-refractivity contribution in [1.82, 2.24) is 9.78 Å². The van der Waals surface area contributed by atoms with Crippen molar-refractivity contribution in [3.63, 3.8) is 0 Å². The number of aromatic nitrogens is 2. The quantitative estimate of drug-likeness (QED) is 0.863. The summed E-state index contributed by atoms with van der Waals surface area (Å²) in [5, 5.41) is 4.49. The lowest BCUT2D eigenvalue weighted by Gasteiger charge is -2.30. The van der Waals surface area contributed by atoms with E-state index in [-0.39, 0.29) is 0 Å². The summed E-state index contributed by atoms with van der Waals surface area (Å²) in [5.41, 5.74) is 8.10. The molecule has 114 valence electrons. The fourth-order valence-corrected chi connectivity index (χ4v) is 3.83. The van der Waals surface area contributed by atoms with Gasteiger partial charge in [0, 0.05) is 7.05 Å². The Labute approximate surface area is 130 Å². The van der Waals surface area contributed by atoms with Gasteiger partial charge in [-0.1, -0.05) is 19.8 Å². The van der Waals surface area contributed by atoms with Crippen molar-refractivity contribution in [3.8, 4) is 0 Å². The number of ether oxygens (including phenoxy) is 1. The van der Waals surface area contributed by atoms with Crippen LogP contribution in [0.4, 0.5) is 0 Å². The Morgan fingerprint density at radius 2 is 2.05 bits per heavy atom. The van der Waals surface area contributed by atoms with Gasteiger partial charge in [-0.3, -0.25) is 4.68 Å². The smallest absolute Gasteiger partial charge is 0.0896 e. The van der Waals surface area contributed by atoms with Crippen molar-refractivity contribution < 1.29 is 4.74 Å². The predicted molar refractivity (Wildman–Crippen MR) is 84.4 cm³/mol. The molecule has 4 nitrogen and oxygen atoms in total. The topological polar surface area (TPSA) is 53.1 Å². The summed E-state index contributed by atoms with van der Waals surface area (Å²) in [6, 6.07) is 0. The fourth-order valence-electron chi connectivity index (χ4n) is 3.10. The minimum atomic E-state index is 0.623. The van der Waals surface area contributed by atoms with Crippen LogP contribution in [-0.2, 0) is 24.8 Å². The third-order valence-electron chi connectivity index (χ3n) is 4.44. The van der Waals surface area contributed by atoms with Crippen LogP contribution >= 0.6 is 15.9 Å². The van der Waals surface area contributed by atoms with Gasteiger partial charge in [0.1, 0.15) is 0 Å². The van der Waals surface area contributed by atoms with Crippen LogP contribution in [0.2, 0.25) is 0 Å². The zero-order valence-electron chi connectivity index (χ0n) is 12.6. The third kappa shape index (κ3) is 3.62. The average molecular weight is 344 g/mol. The van der Waals surface area contributed by atoms with E-state index in [1.165, 1.54) is 25.7 Å². The second kappa shape index (κ2) is 7.57. The largest absolute Gasteiger partial charge is 0.375 e. The first kappa shape index (κ1) is 16.0. The molecule has 2 rings (SSSR count). The summed E-state index contributed by atoms with van der Waals surface area (Å²) in [4.78, 5) is 0. The number of aryl methyl sites for hydroxylation is 2. The van der Waals surface area contributed by atoms with E-state index >= 15 is 0 Å². The van der Waals surface area contributed by atoms with E-state index in [0.717, 1.165) is 35.4 Å². The Morgan fingerprint density at radius 1 is 1.35 bits per heavy atom. The molecule has 2 atom stereocenters. The molecule has 0 spiro atoms. The molecular formula is C15H26BrN3O. The van der Waals surface area contributed by atoms with Crippen LogP contribution in [0.15, 0.2) is 4.47 Å². The molecule has 1 heterocycles. The van der Waals surface area contributed by atoms with Crippen molar-refractivity contribution in [3.05, 3.63) is 15.9 Å². The van der Waals surface area contributed by atoms with Crippen LogP contribution in [-0.4, -0.2) is 22.9 Å². The predicted octanol–water partition coefficient (Wildman–Crippen LogP) is 3.03. The Hall–Kier alpha value is -0.390. The van der Waals surface area contributed by atoms with Crippen LogP contribution in [0, 0.1) is 11.8 Å². The summed E-state index contributed by atoms with van der Waals surface area (Å²) >= 11 is 3.63. The molecule has 1 fully saturated rings. The average Bonchev–Trinajstić information content (AvgIpc) is 2.75. The zero-order valence-corrected chi connectivity index (χ0v) is 14.2. The van der Waals surface area contributed by atoms with Crippen molar-refractivity contribution in [1.29, 1.82) is 0 Å². The zero-order chi connectivity index (χ0) is 14.5. The van der Waals surface area contributed by atoms with Gasteiger partial charge in [-0.05, 0) is 53.6 Å². The highest BCUT2D eigenvalue weighted by Gasteiger charge is 2.24. The molecule has 2 unspecified atom stereocenters. The van der Waals surface area contributed by atoms with Gasteiger partial charge in [0.2, 0.25) is 0 Å². The van der Waals surface area contributed by atoms with Crippen molar-refractivity contribution in [2.75, 3.05) is 13.2 Å². The highest BCUT2D eigenvalue weighted by Crippen LogP contribution is 2.30. The van der Waals surface area contributed by atoms with E-state index in [0.29, 0.717) is 18.4 Å². The van der Waals surface area contributed by atoms with E-state index in [2.05, 4.69) is 28.0 Å². The highest BCUT2D eigenvalue weighted by molar-refractivity contribution is 9.10. The molecule has 0 saturated heterocycles. The number of nitrogens with two attached hydrogens (primary N) is 1. The van der Waals surface area contributed by atoms with E-state index < -0.39 is 0 Å². The Kier molecular flexibility index (Phi) is 6.05. The molecule has 0 radical (unpaired) electrons. The van der Waals surface area contributed by atoms with Gasteiger partial charge >= 0.3 is 0 Å². The second-order valence-corrected chi connectivity index (χ2v) is 6.53. The number of halogens is 1. The standard InChI is InChI=1S/C15H26BrN3O/c1-3-13-15(16)14(19(2)18-13)10-20-9-12-7-5-4-6-11(12)8-17/h11-12H,3-10,17H2,1-2H3. The number of hydrogen-bond donors (Lipinski definition) is 1. The van der Waals surface area contributed by atoms with Crippen LogP contribution < -0.4 is 5.73 Å². The maximum atomic E-state index is 5.96. The van der Waals surface area contributed by atoms with Crippen LogP contribution in [0.5, 0.6) is 0 Å². The van der Waals surface area contributed by atoms with E-state index in [9.17, 15) is 0 Å². The van der Waals surface area contributed by atoms with Crippen molar-refractivity contribution in [2.45, 2.75) is 45.6 Å². The molecular weight excluding hydrogens is 318 g/mol. The maximum Gasteiger partial charge on any atom is 0.0896 e.